The second-order valence-corrected chi connectivity index (χ2v) is 5.12. The SMILES string of the molecule is OCc1cc2ccc3ccccc3c2c2ccccc12. The van der Waals surface area contributed by atoms with Gasteiger partial charge in [0, 0.05) is 0 Å². The van der Waals surface area contributed by atoms with Crippen LogP contribution in [-0.4, -0.2) is 5.11 Å². The van der Waals surface area contributed by atoms with Gasteiger partial charge in [-0.3, -0.25) is 0 Å². The van der Waals surface area contributed by atoms with Gasteiger partial charge < -0.3 is 5.11 Å². The molecule has 20 heavy (non-hydrogen) atoms. The summed E-state index contributed by atoms with van der Waals surface area (Å²) >= 11 is 0. The molecule has 0 unspecified atom stereocenters. The molecule has 0 saturated carbocycles. The molecule has 1 heteroatoms. The Bertz CT molecular complexity index is 938. The predicted octanol–water partition coefficient (Wildman–Crippen LogP) is 4.64. The Morgan fingerprint density at radius 2 is 1.30 bits per heavy atom. The van der Waals surface area contributed by atoms with E-state index < -0.39 is 0 Å². The second kappa shape index (κ2) is 4.32. The Labute approximate surface area is 117 Å². The third-order valence-electron chi connectivity index (χ3n) is 4.00. The van der Waals surface area contributed by atoms with Gasteiger partial charge in [-0.15, -0.1) is 0 Å². The molecule has 0 atom stereocenters. The second-order valence-electron chi connectivity index (χ2n) is 5.12. The molecule has 0 heterocycles. The van der Waals surface area contributed by atoms with Crippen LogP contribution in [0.4, 0.5) is 0 Å². The molecule has 0 fully saturated rings. The molecule has 0 radical (unpaired) electrons. The highest BCUT2D eigenvalue weighted by Crippen LogP contribution is 2.34. The molecule has 0 aromatic heterocycles. The van der Waals surface area contributed by atoms with Crippen molar-refractivity contribution in [2.24, 2.45) is 0 Å². The molecule has 1 nitrogen and oxygen atoms in total. The van der Waals surface area contributed by atoms with Crippen LogP contribution >= 0.6 is 0 Å². The normalized spacial score (nSPS) is 11.4. The van der Waals surface area contributed by atoms with E-state index in [0.29, 0.717) is 0 Å². The van der Waals surface area contributed by atoms with Crippen molar-refractivity contribution in [3.63, 3.8) is 0 Å². The molecule has 4 aromatic rings. The van der Waals surface area contributed by atoms with Gasteiger partial charge in [-0.1, -0.05) is 60.7 Å². The van der Waals surface area contributed by atoms with E-state index in [1.165, 1.54) is 26.9 Å². The van der Waals surface area contributed by atoms with E-state index in [-0.39, 0.29) is 6.61 Å². The van der Waals surface area contributed by atoms with Gasteiger partial charge in [-0.2, -0.15) is 0 Å². The summed E-state index contributed by atoms with van der Waals surface area (Å²) in [5.41, 5.74) is 0.989. The summed E-state index contributed by atoms with van der Waals surface area (Å²) in [4.78, 5) is 0. The van der Waals surface area contributed by atoms with Crippen molar-refractivity contribution >= 4 is 32.3 Å². The quantitative estimate of drug-likeness (QED) is 0.493. The molecule has 4 aromatic carbocycles. The number of rotatable bonds is 1. The summed E-state index contributed by atoms with van der Waals surface area (Å²) in [6.45, 7) is 0.0727. The predicted molar refractivity (Wildman–Crippen MR) is 84.9 cm³/mol. The molecule has 4 rings (SSSR count). The zero-order valence-electron chi connectivity index (χ0n) is 11.0. The number of fused-ring (bicyclic) bond motifs is 5. The standard InChI is InChI=1S/C19H14O/c20-12-15-11-14-10-9-13-5-1-2-7-17(13)19(14)18-8-4-3-6-16(15)18/h1-11,20H,12H2. The highest BCUT2D eigenvalue weighted by Gasteiger charge is 2.08. The smallest absolute Gasteiger partial charge is 0.0688 e. The molecular weight excluding hydrogens is 244 g/mol. The van der Waals surface area contributed by atoms with E-state index in [2.05, 4.69) is 60.7 Å². The van der Waals surface area contributed by atoms with Crippen LogP contribution in [0.15, 0.2) is 66.7 Å². The van der Waals surface area contributed by atoms with Gasteiger partial charge in [0.2, 0.25) is 0 Å². The first kappa shape index (κ1) is 11.4. The maximum absolute atomic E-state index is 9.61. The van der Waals surface area contributed by atoms with Crippen LogP contribution in [0.1, 0.15) is 5.56 Å². The van der Waals surface area contributed by atoms with Gasteiger partial charge in [-0.05, 0) is 43.9 Å². The van der Waals surface area contributed by atoms with Gasteiger partial charge >= 0.3 is 0 Å². The minimum atomic E-state index is 0.0727. The molecule has 0 aliphatic heterocycles. The third-order valence-corrected chi connectivity index (χ3v) is 4.00. The van der Waals surface area contributed by atoms with Crippen molar-refractivity contribution in [2.75, 3.05) is 0 Å². The number of hydrogen-bond donors (Lipinski definition) is 1. The van der Waals surface area contributed by atoms with Crippen LogP contribution in [0.25, 0.3) is 32.3 Å². The minimum absolute atomic E-state index is 0.0727. The fourth-order valence-corrected chi connectivity index (χ4v) is 3.09. The lowest BCUT2D eigenvalue weighted by Gasteiger charge is -2.11. The Morgan fingerprint density at radius 3 is 2.10 bits per heavy atom. The van der Waals surface area contributed by atoms with E-state index in [1.54, 1.807) is 0 Å². The van der Waals surface area contributed by atoms with Gasteiger partial charge in [-0.25, -0.2) is 0 Å². The van der Waals surface area contributed by atoms with Crippen LogP contribution in [-0.2, 0) is 6.61 Å². The first-order chi connectivity index (χ1) is 9.88. The number of aliphatic hydroxyl groups excluding tert-OH is 1. The summed E-state index contributed by atoms with van der Waals surface area (Å²) in [7, 11) is 0. The van der Waals surface area contributed by atoms with Crippen molar-refractivity contribution in [3.05, 3.63) is 72.3 Å². The van der Waals surface area contributed by atoms with Crippen molar-refractivity contribution in [1.29, 1.82) is 0 Å². The number of benzene rings is 4. The molecule has 0 aliphatic rings. The Hall–Kier alpha value is -2.38. The molecule has 0 amide bonds. The lowest BCUT2D eigenvalue weighted by Crippen LogP contribution is -1.88. The van der Waals surface area contributed by atoms with Gasteiger partial charge in [0.15, 0.2) is 0 Å². The highest BCUT2D eigenvalue weighted by molar-refractivity contribution is 6.20. The molecular formula is C19H14O. The van der Waals surface area contributed by atoms with Crippen molar-refractivity contribution in [3.8, 4) is 0 Å². The molecule has 0 bridgehead atoms. The summed E-state index contributed by atoms with van der Waals surface area (Å²) in [5, 5.41) is 16.9. The monoisotopic (exact) mass is 258 g/mol. The average molecular weight is 258 g/mol. The Balaban J connectivity index is 2.34. The largest absolute Gasteiger partial charge is 0.392 e. The lowest BCUT2D eigenvalue weighted by molar-refractivity contribution is 0.283. The molecule has 96 valence electrons. The third kappa shape index (κ3) is 1.54. The average Bonchev–Trinajstić information content (AvgIpc) is 2.53. The van der Waals surface area contributed by atoms with E-state index in [9.17, 15) is 5.11 Å². The number of aliphatic hydroxyl groups is 1. The summed E-state index contributed by atoms with van der Waals surface area (Å²) in [6, 6.07) is 23.2. The van der Waals surface area contributed by atoms with E-state index in [4.69, 9.17) is 0 Å². The van der Waals surface area contributed by atoms with Crippen molar-refractivity contribution in [1.82, 2.24) is 0 Å². The summed E-state index contributed by atoms with van der Waals surface area (Å²) in [6.07, 6.45) is 0. The van der Waals surface area contributed by atoms with Gasteiger partial charge in [0.25, 0.3) is 0 Å². The molecule has 0 spiro atoms. The van der Waals surface area contributed by atoms with Crippen LogP contribution in [0.3, 0.4) is 0 Å². The van der Waals surface area contributed by atoms with Gasteiger partial charge in [0.1, 0.15) is 0 Å². The zero-order chi connectivity index (χ0) is 13.5. The Morgan fingerprint density at radius 1 is 0.650 bits per heavy atom. The van der Waals surface area contributed by atoms with Crippen molar-refractivity contribution < 1.29 is 5.11 Å². The van der Waals surface area contributed by atoms with Crippen LogP contribution < -0.4 is 0 Å². The van der Waals surface area contributed by atoms with E-state index >= 15 is 0 Å². The van der Waals surface area contributed by atoms with Crippen molar-refractivity contribution in [2.45, 2.75) is 6.61 Å². The number of hydrogen-bond acceptors (Lipinski definition) is 1. The lowest BCUT2D eigenvalue weighted by atomic mass is 9.94. The zero-order valence-corrected chi connectivity index (χ0v) is 11.0. The van der Waals surface area contributed by atoms with Crippen LogP contribution in [0, 0.1) is 0 Å². The fourth-order valence-electron chi connectivity index (χ4n) is 3.09. The Kier molecular flexibility index (Phi) is 2.48. The molecule has 0 saturated heterocycles. The first-order valence-electron chi connectivity index (χ1n) is 6.81. The van der Waals surface area contributed by atoms with Crippen LogP contribution in [0.2, 0.25) is 0 Å². The highest BCUT2D eigenvalue weighted by atomic mass is 16.3. The van der Waals surface area contributed by atoms with E-state index in [1.807, 2.05) is 6.07 Å². The molecule has 1 N–H and O–H groups in total. The van der Waals surface area contributed by atoms with Gasteiger partial charge in [0.05, 0.1) is 6.61 Å². The first-order valence-corrected chi connectivity index (χ1v) is 6.81. The fraction of sp³-hybridized carbons (Fsp3) is 0.0526. The summed E-state index contributed by atoms with van der Waals surface area (Å²) < 4.78 is 0. The maximum Gasteiger partial charge on any atom is 0.0688 e. The summed E-state index contributed by atoms with van der Waals surface area (Å²) in [5.74, 6) is 0. The maximum atomic E-state index is 9.61. The topological polar surface area (TPSA) is 20.2 Å². The minimum Gasteiger partial charge on any atom is -0.392 e. The van der Waals surface area contributed by atoms with E-state index in [0.717, 1.165) is 10.9 Å². The van der Waals surface area contributed by atoms with Crippen LogP contribution in [0.5, 0.6) is 0 Å². The molecule has 0 aliphatic carbocycles.